The van der Waals surface area contributed by atoms with E-state index in [4.69, 9.17) is 29.9 Å². The molecule has 21 nitrogen and oxygen atoms in total. The lowest BCUT2D eigenvalue weighted by Crippen LogP contribution is -2.38. The zero-order valence-electron chi connectivity index (χ0n) is 52.9. The Morgan fingerprint density at radius 3 is 1.42 bits per heavy atom. The van der Waals surface area contributed by atoms with Gasteiger partial charge in [0.15, 0.2) is 0 Å². The molecule has 492 valence electrons. The highest BCUT2D eigenvalue weighted by Crippen LogP contribution is 2.54. The molecule has 0 radical (unpaired) electrons. The molecule has 9 rings (SSSR count). The van der Waals surface area contributed by atoms with Gasteiger partial charge in [-0.1, -0.05) is 55.4 Å². The van der Waals surface area contributed by atoms with Crippen molar-refractivity contribution in [3.05, 3.63) is 95.1 Å². The number of amides is 5. The number of cyclic esters (lactones) is 1. The molecule has 1 saturated heterocycles. The van der Waals surface area contributed by atoms with Crippen LogP contribution in [0.5, 0.6) is 11.5 Å². The number of benzene rings is 4. The molecule has 2 saturated carbocycles. The molecule has 0 bridgehead atoms. The van der Waals surface area contributed by atoms with Crippen molar-refractivity contribution in [2.45, 2.75) is 166 Å². The first-order valence-electron chi connectivity index (χ1n) is 29.7. The van der Waals surface area contributed by atoms with E-state index in [2.05, 4.69) is 79.7 Å². The summed E-state index contributed by atoms with van der Waals surface area (Å²) in [6, 6.07) is 14.7. The van der Waals surface area contributed by atoms with Gasteiger partial charge in [0.2, 0.25) is 24.1 Å². The lowest BCUT2D eigenvalue weighted by Gasteiger charge is -2.46. The van der Waals surface area contributed by atoms with Crippen LogP contribution in [0.15, 0.2) is 72.8 Å². The minimum Gasteiger partial charge on any atom is -0.449 e. The lowest BCUT2D eigenvalue weighted by molar-refractivity contribution is -0.275. The number of hydrogen-bond donors (Lipinski definition) is 2. The average Bonchev–Trinajstić information content (AvgIpc) is 1.63. The molecule has 2 atom stereocenters. The largest absolute Gasteiger partial charge is 0.573 e. The number of alkyl carbamates (subject to hydrolysis) is 1. The Bertz CT molecular complexity index is 3690. The average molecular weight is 1280 g/mol. The Morgan fingerprint density at radius 1 is 0.626 bits per heavy atom. The highest BCUT2D eigenvalue weighted by atomic mass is 19.4. The SMILES string of the molecule is CCOC(=O)N(c1ccc(OC(F)(F)F)cc1)c1nc2cc(C(OC(=O)N(c3ccc(OC(F)(F)F)cc3)c3nc4cc(C5OC(=O)NC5=O)c(C)cc4n3C3CC(C)(C)CC(C)(C)C3)C(N)=O)c(C)cc2n1C1CC(C)(C)CC(C)(C)C1.CCOC(=O)OCC. The van der Waals surface area contributed by atoms with Crippen molar-refractivity contribution in [3.63, 3.8) is 0 Å². The Balaban J connectivity index is 0.00000125. The molecular formula is C64H76F6N8O13. The van der Waals surface area contributed by atoms with Gasteiger partial charge in [0, 0.05) is 23.2 Å². The molecule has 3 aliphatic rings. The maximum atomic E-state index is 15.6. The highest BCUT2D eigenvalue weighted by Gasteiger charge is 2.45. The zero-order chi connectivity index (χ0) is 67.1. The minimum atomic E-state index is -5.07. The number of primary amides is 1. The number of aromatic nitrogens is 4. The smallest absolute Gasteiger partial charge is 0.449 e. The molecular weight excluding hydrogens is 1200 g/mol. The molecule has 1 aliphatic heterocycles. The number of nitrogens with zero attached hydrogens (tertiary/aromatic N) is 6. The Hall–Kier alpha value is -8.78. The fourth-order valence-corrected chi connectivity index (χ4v) is 13.7. The quantitative estimate of drug-likeness (QED) is 0.0551. The van der Waals surface area contributed by atoms with E-state index in [1.54, 1.807) is 52.8 Å². The number of carbonyl (C=O) groups is 6. The van der Waals surface area contributed by atoms with Gasteiger partial charge in [0.1, 0.15) is 11.5 Å². The van der Waals surface area contributed by atoms with Crippen molar-refractivity contribution >= 4 is 81.6 Å². The van der Waals surface area contributed by atoms with Crippen molar-refractivity contribution in [3.8, 4) is 11.5 Å². The van der Waals surface area contributed by atoms with Gasteiger partial charge >= 0.3 is 37.2 Å². The number of nitrogens with one attached hydrogen (secondary N) is 1. The number of aryl methyl sites for hydroxylation is 2. The molecule has 3 fully saturated rings. The Kier molecular flexibility index (Phi) is 19.3. The fraction of sp³-hybridized carbons (Fsp3) is 0.500. The van der Waals surface area contributed by atoms with Crippen molar-refractivity contribution in [2.24, 2.45) is 27.4 Å². The number of halogens is 6. The predicted octanol–water partition coefficient (Wildman–Crippen LogP) is 15.6. The maximum absolute atomic E-state index is 15.6. The summed E-state index contributed by atoms with van der Waals surface area (Å²) in [7, 11) is 0. The van der Waals surface area contributed by atoms with Crippen LogP contribution in [-0.4, -0.2) is 87.9 Å². The van der Waals surface area contributed by atoms with E-state index in [0.29, 0.717) is 66.6 Å². The molecule has 3 N–H and O–H groups in total. The van der Waals surface area contributed by atoms with Gasteiger partial charge < -0.3 is 48.0 Å². The molecule has 27 heteroatoms. The van der Waals surface area contributed by atoms with Crippen molar-refractivity contribution in [2.75, 3.05) is 29.6 Å². The number of alkyl halides is 6. The van der Waals surface area contributed by atoms with Crippen LogP contribution in [-0.2, 0) is 33.3 Å². The third-order valence-electron chi connectivity index (χ3n) is 15.9. The van der Waals surface area contributed by atoms with Crippen LogP contribution in [0, 0.1) is 35.5 Å². The third-order valence-corrected chi connectivity index (χ3v) is 15.9. The van der Waals surface area contributed by atoms with Gasteiger partial charge in [-0.05, 0) is 179 Å². The second-order valence-electron chi connectivity index (χ2n) is 26.1. The molecule has 2 aromatic heterocycles. The lowest BCUT2D eigenvalue weighted by atomic mass is 9.63. The molecule has 91 heavy (non-hydrogen) atoms. The second kappa shape index (κ2) is 25.8. The molecule has 2 aliphatic carbocycles. The number of imidazole rings is 2. The Labute approximate surface area is 521 Å². The number of anilines is 4. The van der Waals surface area contributed by atoms with Gasteiger partial charge in [0.25, 0.3) is 11.8 Å². The van der Waals surface area contributed by atoms with Gasteiger partial charge in [-0.3, -0.25) is 14.9 Å². The van der Waals surface area contributed by atoms with Crippen LogP contribution in [0.2, 0.25) is 0 Å². The summed E-state index contributed by atoms with van der Waals surface area (Å²) in [5, 5.41) is 2.14. The number of nitrogens with two attached hydrogens (primary N) is 1. The number of hydrogen-bond acceptors (Lipinski definition) is 15. The van der Waals surface area contributed by atoms with E-state index in [9.17, 15) is 50.3 Å². The molecule has 5 amide bonds. The molecule has 3 heterocycles. The van der Waals surface area contributed by atoms with E-state index >= 15 is 4.79 Å². The fourth-order valence-electron chi connectivity index (χ4n) is 13.7. The summed E-state index contributed by atoms with van der Waals surface area (Å²) in [6.07, 6.45) is -13.0. The standard InChI is InChI=1S/C59H66F6N8O10.C5H10O3/c1-12-79-52(77)72(33-13-17-37(18-14-33)82-58(60,61)62)49-67-41-23-39(31(2)21-43(41)70(49)35-25-54(4,5)29-55(6,7)26-35)45(47(66)74)81-53(78)73(34-15-19-38(20-16-34)83-59(63,64)65)50-68-42-24-40(46-48(75)69-51(76)80-46)32(3)22-44(42)71(50)36-27-56(8,9)30-57(10,11)28-36;1-3-7-5(6)8-4-2/h13-24,35-36,45-46H,12,25-30H2,1-11H3,(H2,66,74)(H,69,75,76);3-4H2,1-2H3. The summed E-state index contributed by atoms with van der Waals surface area (Å²) >= 11 is 0. The van der Waals surface area contributed by atoms with Gasteiger partial charge in [-0.15, -0.1) is 26.3 Å². The normalized spacial score (nSPS) is 18.3. The minimum absolute atomic E-state index is 0.0211. The van der Waals surface area contributed by atoms with Crippen molar-refractivity contribution in [1.82, 2.24) is 24.4 Å². The van der Waals surface area contributed by atoms with Crippen molar-refractivity contribution < 1.29 is 88.3 Å². The second-order valence-corrected chi connectivity index (χ2v) is 26.1. The number of ether oxygens (including phenoxy) is 7. The number of fused-ring (bicyclic) bond motifs is 2. The maximum Gasteiger partial charge on any atom is 0.573 e. The zero-order valence-corrected chi connectivity index (χ0v) is 52.9. The number of rotatable bonds is 15. The third kappa shape index (κ3) is 16.0. The van der Waals surface area contributed by atoms with E-state index in [1.807, 2.05) is 9.13 Å². The van der Waals surface area contributed by atoms with E-state index < -0.39 is 78.7 Å². The molecule has 4 aromatic carbocycles. The first-order chi connectivity index (χ1) is 42.3. The summed E-state index contributed by atoms with van der Waals surface area (Å²) in [6.45, 7) is 26.1. The van der Waals surface area contributed by atoms with Crippen LogP contribution < -0.4 is 30.3 Å². The summed E-state index contributed by atoms with van der Waals surface area (Å²) in [5.74, 6) is -3.08. The van der Waals surface area contributed by atoms with Crippen LogP contribution in [0.4, 0.5) is 68.8 Å². The number of imide groups is 1. The first kappa shape index (κ1) is 68.1. The molecule has 2 unspecified atom stereocenters. The van der Waals surface area contributed by atoms with Crippen LogP contribution >= 0.6 is 0 Å². The monoisotopic (exact) mass is 1280 g/mol. The highest BCUT2D eigenvalue weighted by molar-refractivity contribution is 6.02. The van der Waals surface area contributed by atoms with E-state index in [1.165, 1.54) is 30.3 Å². The van der Waals surface area contributed by atoms with Crippen LogP contribution in [0.25, 0.3) is 22.1 Å². The van der Waals surface area contributed by atoms with E-state index in [-0.39, 0.29) is 74.2 Å². The number of carbonyl (C=O) groups excluding carboxylic acids is 6. The predicted molar refractivity (Wildman–Crippen MR) is 322 cm³/mol. The van der Waals surface area contributed by atoms with Crippen LogP contribution in [0.3, 0.4) is 0 Å². The van der Waals surface area contributed by atoms with Crippen LogP contribution in [0.1, 0.15) is 161 Å². The van der Waals surface area contributed by atoms with Gasteiger partial charge in [-0.25, -0.2) is 38.9 Å². The summed E-state index contributed by atoms with van der Waals surface area (Å²) < 4.78 is 119. The molecule has 0 spiro atoms. The van der Waals surface area contributed by atoms with E-state index in [0.717, 1.165) is 46.9 Å². The van der Waals surface area contributed by atoms with Gasteiger partial charge in [-0.2, -0.15) is 0 Å². The van der Waals surface area contributed by atoms with Gasteiger partial charge in [0.05, 0.1) is 53.3 Å². The summed E-state index contributed by atoms with van der Waals surface area (Å²) in [4.78, 5) is 91.4. The summed E-state index contributed by atoms with van der Waals surface area (Å²) in [5.41, 5.74) is 7.77. The Morgan fingerprint density at radius 2 is 1.03 bits per heavy atom. The van der Waals surface area contributed by atoms with Crippen molar-refractivity contribution in [1.29, 1.82) is 0 Å². The molecule has 6 aromatic rings. The topological polar surface area (TPSA) is 247 Å². The first-order valence-corrected chi connectivity index (χ1v) is 29.7.